The molecule has 0 fully saturated rings. The fraction of sp³-hybridized carbons (Fsp3) is 0.929. The minimum Gasteiger partial charge on any atom is -0.469 e. The highest BCUT2D eigenvalue weighted by molar-refractivity contribution is 5.74. The molecule has 3 atom stereocenters. The molecule has 0 amide bonds. The number of rotatable bonds is 7. The summed E-state index contributed by atoms with van der Waals surface area (Å²) < 4.78 is 4.84. The van der Waals surface area contributed by atoms with E-state index in [0.29, 0.717) is 18.8 Å². The van der Waals surface area contributed by atoms with Crippen LogP contribution in [0.2, 0.25) is 0 Å². The summed E-state index contributed by atoms with van der Waals surface area (Å²) in [6.45, 7) is 10.1. The topological polar surface area (TPSA) is 46.5 Å². The van der Waals surface area contributed by atoms with Gasteiger partial charge in [-0.1, -0.05) is 41.0 Å². The van der Waals surface area contributed by atoms with E-state index >= 15 is 0 Å². The third-order valence-electron chi connectivity index (χ3n) is 3.71. The first-order chi connectivity index (χ1) is 7.82. The highest BCUT2D eigenvalue weighted by Crippen LogP contribution is 2.35. The number of carbonyl (C=O) groups excluding carboxylic acids is 1. The summed E-state index contributed by atoms with van der Waals surface area (Å²) in [5.41, 5.74) is -0.948. The predicted octanol–water partition coefficient (Wildman–Crippen LogP) is 3.01. The number of carbonyl (C=O) groups is 1. The standard InChI is InChI=1S/C14H28O3/c1-7-11(5)9-14(16,8-2)12(10(3)4)13(15)17-6/h10-12,16H,7-9H2,1-6H3. The highest BCUT2D eigenvalue weighted by atomic mass is 16.5. The van der Waals surface area contributed by atoms with Gasteiger partial charge in [-0.3, -0.25) is 4.79 Å². The number of hydrogen-bond donors (Lipinski definition) is 1. The van der Waals surface area contributed by atoms with Crippen LogP contribution in [-0.2, 0) is 9.53 Å². The van der Waals surface area contributed by atoms with Crippen LogP contribution in [0, 0.1) is 17.8 Å². The molecule has 0 radical (unpaired) electrons. The van der Waals surface area contributed by atoms with Crippen molar-refractivity contribution in [3.63, 3.8) is 0 Å². The maximum absolute atomic E-state index is 11.8. The van der Waals surface area contributed by atoms with E-state index in [9.17, 15) is 9.90 Å². The number of aliphatic hydroxyl groups is 1. The van der Waals surface area contributed by atoms with E-state index in [0.717, 1.165) is 6.42 Å². The van der Waals surface area contributed by atoms with Gasteiger partial charge in [-0.05, 0) is 24.7 Å². The molecule has 1 N–H and O–H groups in total. The molecule has 0 spiro atoms. The zero-order valence-electron chi connectivity index (χ0n) is 12.1. The van der Waals surface area contributed by atoms with Crippen molar-refractivity contribution in [3.8, 4) is 0 Å². The number of ether oxygens (including phenoxy) is 1. The average Bonchev–Trinajstić information content (AvgIpc) is 2.28. The van der Waals surface area contributed by atoms with E-state index in [1.54, 1.807) is 0 Å². The zero-order valence-corrected chi connectivity index (χ0v) is 12.1. The predicted molar refractivity (Wildman–Crippen MR) is 69.7 cm³/mol. The Morgan fingerprint density at radius 3 is 2.12 bits per heavy atom. The Labute approximate surface area is 106 Å². The first kappa shape index (κ1) is 16.4. The fourth-order valence-electron chi connectivity index (χ4n) is 2.48. The Balaban J connectivity index is 5.05. The Bertz CT molecular complexity index is 238. The summed E-state index contributed by atoms with van der Waals surface area (Å²) in [7, 11) is 1.39. The molecule has 0 bridgehead atoms. The molecule has 0 saturated carbocycles. The molecular weight excluding hydrogens is 216 g/mol. The molecule has 0 aliphatic heterocycles. The van der Waals surface area contributed by atoms with Crippen LogP contribution in [0.25, 0.3) is 0 Å². The van der Waals surface area contributed by atoms with Crippen LogP contribution in [0.15, 0.2) is 0 Å². The van der Waals surface area contributed by atoms with E-state index in [1.165, 1.54) is 7.11 Å². The third-order valence-corrected chi connectivity index (χ3v) is 3.71. The van der Waals surface area contributed by atoms with Crippen LogP contribution in [0.4, 0.5) is 0 Å². The minimum absolute atomic E-state index is 0.0801. The van der Waals surface area contributed by atoms with Gasteiger partial charge in [-0.15, -0.1) is 0 Å². The van der Waals surface area contributed by atoms with Gasteiger partial charge in [0.05, 0.1) is 18.6 Å². The maximum atomic E-state index is 11.8. The Morgan fingerprint density at radius 1 is 1.29 bits per heavy atom. The van der Waals surface area contributed by atoms with Gasteiger partial charge in [-0.2, -0.15) is 0 Å². The molecule has 0 saturated heterocycles. The Hall–Kier alpha value is -0.570. The summed E-state index contributed by atoms with van der Waals surface area (Å²) in [5, 5.41) is 10.8. The quantitative estimate of drug-likeness (QED) is 0.700. The summed E-state index contributed by atoms with van der Waals surface area (Å²) in [6.07, 6.45) is 2.24. The van der Waals surface area contributed by atoms with Gasteiger partial charge >= 0.3 is 5.97 Å². The van der Waals surface area contributed by atoms with Crippen molar-refractivity contribution in [2.24, 2.45) is 17.8 Å². The molecule has 3 heteroatoms. The molecule has 0 aliphatic carbocycles. The lowest BCUT2D eigenvalue weighted by molar-refractivity contribution is -0.161. The number of esters is 1. The molecular formula is C14H28O3. The molecule has 0 aromatic carbocycles. The van der Waals surface area contributed by atoms with Crippen molar-refractivity contribution in [1.82, 2.24) is 0 Å². The maximum Gasteiger partial charge on any atom is 0.311 e. The monoisotopic (exact) mass is 244 g/mol. The fourth-order valence-corrected chi connectivity index (χ4v) is 2.48. The van der Waals surface area contributed by atoms with Crippen LogP contribution >= 0.6 is 0 Å². The lowest BCUT2D eigenvalue weighted by Crippen LogP contribution is -2.46. The molecule has 0 aromatic rings. The van der Waals surface area contributed by atoms with Crippen LogP contribution in [0.3, 0.4) is 0 Å². The van der Waals surface area contributed by atoms with Gasteiger partial charge in [-0.25, -0.2) is 0 Å². The van der Waals surface area contributed by atoms with Gasteiger partial charge < -0.3 is 9.84 Å². The summed E-state index contributed by atoms with van der Waals surface area (Å²) >= 11 is 0. The van der Waals surface area contributed by atoms with E-state index in [4.69, 9.17) is 4.74 Å². The van der Waals surface area contributed by atoms with E-state index in [2.05, 4.69) is 13.8 Å². The van der Waals surface area contributed by atoms with E-state index in [1.807, 2.05) is 20.8 Å². The molecule has 102 valence electrons. The van der Waals surface area contributed by atoms with Crippen LogP contribution in [0.1, 0.15) is 53.9 Å². The van der Waals surface area contributed by atoms with Crippen LogP contribution < -0.4 is 0 Å². The molecule has 17 heavy (non-hydrogen) atoms. The Morgan fingerprint density at radius 2 is 1.82 bits per heavy atom. The molecule has 0 aromatic heterocycles. The minimum atomic E-state index is -0.948. The normalized spacial score (nSPS) is 18.6. The first-order valence-corrected chi connectivity index (χ1v) is 6.62. The van der Waals surface area contributed by atoms with Gasteiger partial charge in [0.15, 0.2) is 0 Å². The lowest BCUT2D eigenvalue weighted by atomic mass is 9.73. The number of methoxy groups -OCH3 is 1. The smallest absolute Gasteiger partial charge is 0.311 e. The van der Waals surface area contributed by atoms with Gasteiger partial charge in [0.1, 0.15) is 0 Å². The van der Waals surface area contributed by atoms with E-state index in [-0.39, 0.29) is 11.9 Å². The van der Waals surface area contributed by atoms with Crippen molar-refractivity contribution in [2.45, 2.75) is 59.5 Å². The molecule has 3 nitrogen and oxygen atoms in total. The number of hydrogen-bond acceptors (Lipinski definition) is 3. The van der Waals surface area contributed by atoms with Crippen LogP contribution in [-0.4, -0.2) is 23.8 Å². The SMILES string of the molecule is CCC(C)CC(O)(CC)C(C(=O)OC)C(C)C. The second-order valence-corrected chi connectivity index (χ2v) is 5.42. The second-order valence-electron chi connectivity index (χ2n) is 5.42. The lowest BCUT2D eigenvalue weighted by Gasteiger charge is -2.37. The zero-order chi connectivity index (χ0) is 13.6. The molecule has 0 rings (SSSR count). The summed E-state index contributed by atoms with van der Waals surface area (Å²) in [5.74, 6) is -0.249. The second kappa shape index (κ2) is 7.00. The first-order valence-electron chi connectivity index (χ1n) is 6.62. The summed E-state index contributed by atoms with van der Waals surface area (Å²) in [6, 6.07) is 0. The van der Waals surface area contributed by atoms with Gasteiger partial charge in [0, 0.05) is 0 Å². The third kappa shape index (κ3) is 4.30. The van der Waals surface area contributed by atoms with Crippen molar-refractivity contribution in [1.29, 1.82) is 0 Å². The van der Waals surface area contributed by atoms with Gasteiger partial charge in [0.2, 0.25) is 0 Å². The highest BCUT2D eigenvalue weighted by Gasteiger charge is 2.43. The van der Waals surface area contributed by atoms with Gasteiger partial charge in [0.25, 0.3) is 0 Å². The van der Waals surface area contributed by atoms with E-state index < -0.39 is 11.5 Å². The largest absolute Gasteiger partial charge is 0.469 e. The molecule has 0 heterocycles. The van der Waals surface area contributed by atoms with Crippen molar-refractivity contribution >= 4 is 5.97 Å². The average molecular weight is 244 g/mol. The van der Waals surface area contributed by atoms with Crippen LogP contribution in [0.5, 0.6) is 0 Å². The summed E-state index contributed by atoms with van der Waals surface area (Å²) in [4.78, 5) is 11.8. The van der Waals surface area contributed by atoms with Crippen molar-refractivity contribution < 1.29 is 14.6 Å². The van der Waals surface area contributed by atoms with Crippen molar-refractivity contribution in [2.75, 3.05) is 7.11 Å². The molecule has 3 unspecified atom stereocenters. The Kier molecular flexibility index (Phi) is 6.76. The molecule has 0 aliphatic rings. The van der Waals surface area contributed by atoms with Crippen molar-refractivity contribution in [3.05, 3.63) is 0 Å².